The van der Waals surface area contributed by atoms with Gasteiger partial charge < -0.3 is 30.8 Å². The first-order valence-electron chi connectivity index (χ1n) is 14.2. The molecule has 1 unspecified atom stereocenters. The maximum absolute atomic E-state index is 11.1. The summed E-state index contributed by atoms with van der Waals surface area (Å²) in [5.74, 6) is -3.89. The molecular formula is C36H25N3O5S. The largest absolute Gasteiger partial charge is 0.508 e. The molecule has 0 amide bonds. The van der Waals surface area contributed by atoms with Gasteiger partial charge in [0.1, 0.15) is 17.6 Å². The van der Waals surface area contributed by atoms with E-state index in [-0.39, 0.29) is 5.57 Å². The number of nitrogens with one attached hydrogen (secondary N) is 1. The molecule has 8 nitrogen and oxygen atoms in total. The number of hydrogen-bond donors (Lipinski definition) is 6. The quantitative estimate of drug-likeness (QED) is 0.0872. The van der Waals surface area contributed by atoms with Crippen molar-refractivity contribution in [1.29, 1.82) is 0 Å². The fourth-order valence-corrected chi connectivity index (χ4v) is 7.79. The Morgan fingerprint density at radius 3 is 2.11 bits per heavy atom. The van der Waals surface area contributed by atoms with Crippen LogP contribution in [0, 0.1) is 0 Å². The molecule has 5 aromatic carbocycles. The van der Waals surface area contributed by atoms with E-state index < -0.39 is 29.3 Å². The smallest absolute Gasteiger partial charge is 0.322 e. The number of anilines is 1. The lowest BCUT2D eigenvalue weighted by Crippen LogP contribution is -2.39. The number of benzene rings is 5. The average molecular weight is 612 g/mol. The van der Waals surface area contributed by atoms with Gasteiger partial charge in [-0.3, -0.25) is 4.57 Å². The number of aliphatic hydroxyl groups is 5. The van der Waals surface area contributed by atoms with Crippen molar-refractivity contribution < 1.29 is 25.5 Å². The number of aromatic nitrogens is 1. The van der Waals surface area contributed by atoms with Gasteiger partial charge in [-0.15, -0.1) is 11.3 Å². The van der Waals surface area contributed by atoms with Crippen molar-refractivity contribution in [2.45, 2.75) is 6.04 Å². The van der Waals surface area contributed by atoms with E-state index in [1.807, 2.05) is 59.2 Å². The Kier molecular flexibility index (Phi) is 5.81. The molecule has 1 atom stereocenters. The number of aliphatic hydroxyl groups excluding tert-OH is 4. The number of thiophene rings is 1. The fraction of sp³-hybridized carbons (Fsp3) is 0.0278. The van der Waals surface area contributed by atoms with Crippen LogP contribution in [0.25, 0.3) is 52.8 Å². The summed E-state index contributed by atoms with van der Waals surface area (Å²) in [6.07, 6.45) is 0. The maximum Gasteiger partial charge on any atom is 0.322 e. The summed E-state index contributed by atoms with van der Waals surface area (Å²) in [6, 6.07) is 30.9. The molecule has 6 N–H and O–H groups in total. The second-order valence-corrected chi connectivity index (χ2v) is 11.9. The van der Waals surface area contributed by atoms with Crippen molar-refractivity contribution in [3.8, 4) is 0 Å². The summed E-state index contributed by atoms with van der Waals surface area (Å²) in [5.41, 5.74) is 2.66. The lowest BCUT2D eigenvalue weighted by Gasteiger charge is -2.30. The first kappa shape index (κ1) is 26.7. The molecule has 0 saturated heterocycles. The van der Waals surface area contributed by atoms with Crippen LogP contribution in [0.5, 0.6) is 0 Å². The zero-order chi connectivity index (χ0) is 31.0. The maximum atomic E-state index is 11.1. The molecule has 3 heterocycles. The third-order valence-corrected chi connectivity index (χ3v) is 9.55. The number of nitrogens with zero attached hydrogens (tertiary/aromatic N) is 2. The number of fused-ring (bicyclic) bond motifs is 11. The Balaban J connectivity index is 1.58. The lowest BCUT2D eigenvalue weighted by molar-refractivity contribution is 0.151. The molecule has 220 valence electrons. The molecule has 9 heteroatoms. The van der Waals surface area contributed by atoms with Crippen LogP contribution in [-0.2, 0) is 0 Å². The predicted octanol–water partition coefficient (Wildman–Crippen LogP) is 9.41. The van der Waals surface area contributed by atoms with E-state index in [0.29, 0.717) is 17.2 Å². The predicted molar refractivity (Wildman–Crippen MR) is 183 cm³/mol. The van der Waals surface area contributed by atoms with Gasteiger partial charge in [0.05, 0.1) is 28.0 Å². The second-order valence-electron chi connectivity index (χ2n) is 10.9. The van der Waals surface area contributed by atoms with E-state index in [9.17, 15) is 25.5 Å². The Morgan fingerprint density at radius 1 is 0.711 bits per heavy atom. The molecule has 45 heavy (non-hydrogen) atoms. The zero-order valence-electron chi connectivity index (χ0n) is 23.6. The van der Waals surface area contributed by atoms with Crippen LogP contribution in [0.3, 0.4) is 0 Å². The Labute approximate surface area is 259 Å². The Bertz CT molecular complexity index is 2500. The monoisotopic (exact) mass is 611 g/mol. The highest BCUT2D eigenvalue weighted by atomic mass is 32.1. The summed E-state index contributed by atoms with van der Waals surface area (Å²) >= 11 is 1.73. The number of para-hydroxylation sites is 3. The molecule has 0 spiro atoms. The minimum Gasteiger partial charge on any atom is -0.508 e. The topological polar surface area (TPSA) is 130 Å². The number of aliphatic imine (C=N–C) groups is 1. The Morgan fingerprint density at radius 2 is 1.36 bits per heavy atom. The fourth-order valence-electron chi connectivity index (χ4n) is 6.51. The van der Waals surface area contributed by atoms with E-state index in [2.05, 4.69) is 48.3 Å². The molecule has 8 rings (SSSR count). The highest BCUT2D eigenvalue weighted by Gasteiger charge is 2.35. The molecule has 0 radical (unpaired) electrons. The summed E-state index contributed by atoms with van der Waals surface area (Å²) in [7, 11) is 0. The van der Waals surface area contributed by atoms with Crippen LogP contribution in [-0.4, -0.2) is 42.0 Å². The normalized spacial score (nSPS) is 15.2. The van der Waals surface area contributed by atoms with Gasteiger partial charge in [0.2, 0.25) is 5.76 Å². The molecule has 2 aromatic heterocycles. The summed E-state index contributed by atoms with van der Waals surface area (Å²) in [5, 5.41) is 61.3. The molecule has 1 aliphatic heterocycles. The van der Waals surface area contributed by atoms with Crippen molar-refractivity contribution in [1.82, 2.24) is 4.57 Å². The van der Waals surface area contributed by atoms with Gasteiger partial charge in [0, 0.05) is 36.3 Å². The van der Waals surface area contributed by atoms with Crippen LogP contribution in [0.4, 0.5) is 11.4 Å². The first-order valence-corrected chi connectivity index (χ1v) is 15.0. The second kappa shape index (κ2) is 9.80. The van der Waals surface area contributed by atoms with Crippen LogP contribution in [0.2, 0.25) is 0 Å². The van der Waals surface area contributed by atoms with Crippen LogP contribution >= 0.6 is 11.3 Å². The van der Waals surface area contributed by atoms with Gasteiger partial charge in [0.15, 0.2) is 5.76 Å². The molecular weight excluding hydrogens is 586 g/mol. The van der Waals surface area contributed by atoms with Crippen LogP contribution in [0.1, 0.15) is 0 Å². The van der Waals surface area contributed by atoms with Crippen molar-refractivity contribution in [3.63, 3.8) is 0 Å². The van der Waals surface area contributed by atoms with Gasteiger partial charge in [-0.25, -0.2) is 4.99 Å². The molecule has 0 aliphatic carbocycles. The van der Waals surface area contributed by atoms with Crippen molar-refractivity contribution in [2.24, 2.45) is 4.99 Å². The summed E-state index contributed by atoms with van der Waals surface area (Å²) in [4.78, 5) is 5.09. The molecule has 7 aromatic rings. The summed E-state index contributed by atoms with van der Waals surface area (Å²) < 4.78 is 4.31. The highest BCUT2D eigenvalue weighted by Crippen LogP contribution is 2.48. The van der Waals surface area contributed by atoms with Gasteiger partial charge in [-0.05, 0) is 29.7 Å². The minimum absolute atomic E-state index is 0.278. The third kappa shape index (κ3) is 3.81. The Hall–Kier alpha value is -5.93. The first-order chi connectivity index (χ1) is 21.8. The molecule has 0 fully saturated rings. The standard InChI is InChI=1S/C36H25N3O5S/c1-18(40)27(32(41)33(42)36(43)44)30-35(38-24-15-7-6-14-23(24)37-30)39-25-16-8-4-12-21(25)29-31(39)20-11-3-2-10-19(20)28-22-13-5-9-17-26(22)45-34(28)29/h2-17,30,37,40-44H,1H2/b32-27-. The lowest BCUT2D eigenvalue weighted by atomic mass is 9.98. The van der Waals surface area contributed by atoms with E-state index in [1.54, 1.807) is 17.4 Å². The van der Waals surface area contributed by atoms with E-state index in [1.165, 1.54) is 15.5 Å². The van der Waals surface area contributed by atoms with E-state index >= 15 is 0 Å². The minimum atomic E-state index is -1.50. The SMILES string of the molecule is C=C(O)/C(=C(/O)C(O)=C(O)O)C1Nc2ccccc2N=C1n1c2ccccc2c2c3sc4ccccc4c3c3ccccc3c21. The van der Waals surface area contributed by atoms with Crippen molar-refractivity contribution >= 4 is 81.3 Å². The molecule has 1 aliphatic rings. The number of hydrogen-bond acceptors (Lipinski definition) is 8. The van der Waals surface area contributed by atoms with Gasteiger partial charge in [0.25, 0.3) is 0 Å². The molecule has 0 saturated carbocycles. The number of rotatable bonds is 3. The third-order valence-electron chi connectivity index (χ3n) is 8.37. The summed E-state index contributed by atoms with van der Waals surface area (Å²) in [6.45, 7) is 3.64. The van der Waals surface area contributed by atoms with E-state index in [0.717, 1.165) is 37.3 Å². The van der Waals surface area contributed by atoms with Crippen molar-refractivity contribution in [3.05, 3.63) is 132 Å². The highest BCUT2D eigenvalue weighted by molar-refractivity contribution is 7.27. The van der Waals surface area contributed by atoms with Gasteiger partial charge in [-0.2, -0.15) is 0 Å². The van der Waals surface area contributed by atoms with Crippen LogP contribution in [0.15, 0.2) is 137 Å². The van der Waals surface area contributed by atoms with E-state index in [4.69, 9.17) is 4.99 Å². The molecule has 0 bridgehead atoms. The zero-order valence-corrected chi connectivity index (χ0v) is 24.4. The average Bonchev–Trinajstić information content (AvgIpc) is 3.61. The van der Waals surface area contributed by atoms with Crippen LogP contribution < -0.4 is 5.32 Å². The van der Waals surface area contributed by atoms with Gasteiger partial charge in [-0.1, -0.05) is 79.4 Å². The van der Waals surface area contributed by atoms with Gasteiger partial charge >= 0.3 is 5.95 Å². The van der Waals surface area contributed by atoms with Crippen molar-refractivity contribution in [2.75, 3.05) is 5.32 Å².